The van der Waals surface area contributed by atoms with Gasteiger partial charge in [0.1, 0.15) is 18.4 Å². The Morgan fingerprint density at radius 2 is 1.46 bits per heavy atom. The van der Waals surface area contributed by atoms with Crippen LogP contribution in [0.1, 0.15) is 33.9 Å². The lowest BCUT2D eigenvalue weighted by Gasteiger charge is -2.44. The van der Waals surface area contributed by atoms with Gasteiger partial charge in [-0.25, -0.2) is 4.68 Å². The lowest BCUT2D eigenvalue weighted by molar-refractivity contribution is -0.270. The highest BCUT2D eigenvalue weighted by Gasteiger charge is 2.53. The van der Waals surface area contributed by atoms with Gasteiger partial charge in [0.05, 0.1) is 6.20 Å². The Morgan fingerprint density at radius 3 is 2.03 bits per heavy atom. The summed E-state index contributed by atoms with van der Waals surface area (Å²) in [4.78, 5) is 47.2. The summed E-state index contributed by atoms with van der Waals surface area (Å²) in [5.74, 6) is -2.72. The Kier molecular flexibility index (Phi) is 8.57. The predicted octanol–water partition coefficient (Wildman–Crippen LogP) is 1.96. The van der Waals surface area contributed by atoms with Crippen LogP contribution in [-0.4, -0.2) is 69.9 Å². The lowest BCUT2D eigenvalue weighted by atomic mass is 9.97. The van der Waals surface area contributed by atoms with Crippen LogP contribution >= 0.6 is 15.9 Å². The van der Waals surface area contributed by atoms with Crippen LogP contribution in [0, 0.1) is 0 Å². The molecule has 0 bridgehead atoms. The second kappa shape index (κ2) is 11.4. The Bertz CT molecular complexity index is 1090. The third kappa shape index (κ3) is 6.85. The maximum Gasteiger partial charge on any atom is 0.303 e. The summed E-state index contributed by atoms with van der Waals surface area (Å²) in [5, 5.41) is 8.26. The maximum atomic E-state index is 12.0. The van der Waals surface area contributed by atoms with Crippen LogP contribution in [-0.2, 0) is 42.9 Å². The fourth-order valence-electron chi connectivity index (χ4n) is 3.57. The number of carbonyl (C=O) groups is 4. The molecule has 13 heteroatoms. The van der Waals surface area contributed by atoms with Crippen LogP contribution in [0.2, 0.25) is 0 Å². The first-order chi connectivity index (χ1) is 16.5. The molecule has 188 valence electrons. The molecule has 0 saturated carbocycles. The van der Waals surface area contributed by atoms with Crippen molar-refractivity contribution in [2.24, 2.45) is 0 Å². The Morgan fingerprint density at radius 1 is 0.886 bits per heavy atom. The molecule has 2 heterocycles. The van der Waals surface area contributed by atoms with E-state index < -0.39 is 54.5 Å². The third-order valence-corrected chi connectivity index (χ3v) is 5.41. The zero-order chi connectivity index (χ0) is 25.7. The van der Waals surface area contributed by atoms with Gasteiger partial charge >= 0.3 is 23.9 Å². The molecule has 0 unspecified atom stereocenters. The van der Waals surface area contributed by atoms with E-state index in [4.69, 9.17) is 23.7 Å². The SMILES string of the molecule is CC(=O)OC[C@H]1O[C@H](n2cc(-c3ccc(Br)cc3)nn2)[C@H](OC(C)=O)[C@@H](OC(C)=O)[C@@H]1OC(C)=O. The van der Waals surface area contributed by atoms with Gasteiger partial charge in [0.15, 0.2) is 24.5 Å². The van der Waals surface area contributed by atoms with Crippen molar-refractivity contribution in [3.05, 3.63) is 34.9 Å². The second-order valence-corrected chi connectivity index (χ2v) is 8.60. The predicted molar refractivity (Wildman–Crippen MR) is 120 cm³/mol. The number of hydrogen-bond donors (Lipinski definition) is 0. The number of ether oxygens (including phenoxy) is 5. The van der Waals surface area contributed by atoms with Gasteiger partial charge in [-0.3, -0.25) is 19.2 Å². The van der Waals surface area contributed by atoms with Crippen molar-refractivity contribution in [1.29, 1.82) is 0 Å². The molecule has 0 amide bonds. The van der Waals surface area contributed by atoms with E-state index in [9.17, 15) is 19.2 Å². The Hall–Kier alpha value is -3.32. The normalized spacial score (nSPS) is 23.7. The van der Waals surface area contributed by atoms with Crippen molar-refractivity contribution in [2.75, 3.05) is 6.61 Å². The van der Waals surface area contributed by atoms with E-state index in [0.29, 0.717) is 5.69 Å². The molecule has 0 aliphatic carbocycles. The van der Waals surface area contributed by atoms with Crippen molar-refractivity contribution in [3.63, 3.8) is 0 Å². The fourth-order valence-corrected chi connectivity index (χ4v) is 3.84. The second-order valence-electron chi connectivity index (χ2n) is 7.68. The molecule has 1 aliphatic heterocycles. The fraction of sp³-hybridized carbons (Fsp3) is 0.455. The van der Waals surface area contributed by atoms with Crippen LogP contribution < -0.4 is 0 Å². The van der Waals surface area contributed by atoms with Gasteiger partial charge in [0.25, 0.3) is 0 Å². The molecule has 5 atom stereocenters. The standard InChI is InChI=1S/C22H24BrN3O9/c1-11(27)31-10-18-19(32-12(2)28)20(33-13(3)29)21(34-14(4)30)22(35-18)26-9-17(24-25-26)15-5-7-16(23)8-6-15/h5-9,18-22H,10H2,1-4H3/t18-,19-,20+,21-,22+/m1/s1. The van der Waals surface area contributed by atoms with Crippen molar-refractivity contribution < 1.29 is 42.9 Å². The number of benzene rings is 1. The summed E-state index contributed by atoms with van der Waals surface area (Å²) in [6.45, 7) is 4.35. The molecule has 0 spiro atoms. The van der Waals surface area contributed by atoms with Crippen LogP contribution in [0.25, 0.3) is 11.3 Å². The van der Waals surface area contributed by atoms with E-state index in [1.165, 1.54) is 18.5 Å². The lowest BCUT2D eigenvalue weighted by Crippen LogP contribution is -2.60. The van der Waals surface area contributed by atoms with Crippen molar-refractivity contribution in [1.82, 2.24) is 15.0 Å². The first-order valence-electron chi connectivity index (χ1n) is 10.5. The molecule has 1 aliphatic rings. The van der Waals surface area contributed by atoms with Crippen molar-refractivity contribution in [3.8, 4) is 11.3 Å². The maximum absolute atomic E-state index is 12.0. The van der Waals surface area contributed by atoms with Crippen LogP contribution in [0.5, 0.6) is 0 Å². The van der Waals surface area contributed by atoms with Gasteiger partial charge < -0.3 is 23.7 Å². The highest BCUT2D eigenvalue weighted by molar-refractivity contribution is 9.10. The zero-order valence-corrected chi connectivity index (χ0v) is 21.0. The van der Waals surface area contributed by atoms with Crippen LogP contribution in [0.3, 0.4) is 0 Å². The van der Waals surface area contributed by atoms with E-state index in [0.717, 1.165) is 23.9 Å². The molecular formula is C22H24BrN3O9. The smallest absolute Gasteiger partial charge is 0.303 e. The average Bonchev–Trinajstić information content (AvgIpc) is 3.24. The molecule has 1 saturated heterocycles. The highest BCUT2D eigenvalue weighted by atomic mass is 79.9. The van der Waals surface area contributed by atoms with E-state index in [2.05, 4.69) is 26.2 Å². The van der Waals surface area contributed by atoms with E-state index in [-0.39, 0.29) is 6.61 Å². The number of rotatable bonds is 7. The summed E-state index contributed by atoms with van der Waals surface area (Å²) < 4.78 is 29.6. The van der Waals surface area contributed by atoms with Gasteiger partial charge in [-0.05, 0) is 12.1 Å². The summed E-state index contributed by atoms with van der Waals surface area (Å²) >= 11 is 3.37. The number of esters is 4. The molecule has 2 aromatic rings. The minimum absolute atomic E-state index is 0.331. The largest absolute Gasteiger partial charge is 0.463 e. The number of halogens is 1. The Balaban J connectivity index is 2.03. The number of nitrogens with zero attached hydrogens (tertiary/aromatic N) is 3. The van der Waals surface area contributed by atoms with Gasteiger partial charge in [-0.2, -0.15) is 0 Å². The van der Waals surface area contributed by atoms with Crippen molar-refractivity contribution in [2.45, 2.75) is 58.3 Å². The zero-order valence-electron chi connectivity index (χ0n) is 19.4. The van der Waals surface area contributed by atoms with Crippen LogP contribution in [0.4, 0.5) is 0 Å². The van der Waals surface area contributed by atoms with E-state index in [1.54, 1.807) is 6.20 Å². The summed E-state index contributed by atoms with van der Waals surface area (Å²) in [7, 11) is 0. The van der Waals surface area contributed by atoms with Crippen molar-refractivity contribution >= 4 is 39.8 Å². The highest BCUT2D eigenvalue weighted by Crippen LogP contribution is 2.35. The first-order valence-corrected chi connectivity index (χ1v) is 11.3. The number of carbonyl (C=O) groups excluding carboxylic acids is 4. The topological polar surface area (TPSA) is 145 Å². The molecule has 1 aromatic heterocycles. The monoisotopic (exact) mass is 553 g/mol. The minimum atomic E-state index is -1.29. The molecule has 1 fully saturated rings. The first kappa shape index (κ1) is 26.3. The van der Waals surface area contributed by atoms with Crippen LogP contribution in [0.15, 0.2) is 34.9 Å². The molecule has 12 nitrogen and oxygen atoms in total. The quantitative estimate of drug-likeness (QED) is 0.366. The molecule has 0 radical (unpaired) electrons. The molecule has 35 heavy (non-hydrogen) atoms. The number of hydrogen-bond acceptors (Lipinski definition) is 11. The summed E-state index contributed by atoms with van der Waals surface area (Å²) in [6, 6.07) is 7.32. The van der Waals surface area contributed by atoms with E-state index >= 15 is 0 Å². The number of aromatic nitrogens is 3. The third-order valence-electron chi connectivity index (χ3n) is 4.88. The molecule has 3 rings (SSSR count). The van der Waals surface area contributed by atoms with Gasteiger partial charge in [0, 0.05) is 37.7 Å². The average molecular weight is 554 g/mol. The summed E-state index contributed by atoms with van der Waals surface area (Å²) in [6.07, 6.45) is -4.49. The molecular weight excluding hydrogens is 530 g/mol. The summed E-state index contributed by atoms with van der Waals surface area (Å²) in [5.41, 5.74) is 1.25. The molecule has 0 N–H and O–H groups in total. The molecule has 1 aromatic carbocycles. The van der Waals surface area contributed by atoms with Gasteiger partial charge in [-0.15, -0.1) is 5.10 Å². The van der Waals surface area contributed by atoms with E-state index in [1.807, 2.05) is 24.3 Å². The Labute approximate surface area is 208 Å². The van der Waals surface area contributed by atoms with Gasteiger partial charge in [-0.1, -0.05) is 33.3 Å². The minimum Gasteiger partial charge on any atom is -0.463 e. The van der Waals surface area contributed by atoms with Gasteiger partial charge in [0.2, 0.25) is 0 Å².